The number of carbonyl (C=O) groups excluding carboxylic acids is 1. The SMILES string of the molecule is CC1CCC(CNC(=O)C2(N)CC2)CC1. The zero-order valence-electron chi connectivity index (χ0n) is 9.59. The molecule has 2 saturated carbocycles. The summed E-state index contributed by atoms with van der Waals surface area (Å²) in [5, 5.41) is 3.01. The quantitative estimate of drug-likeness (QED) is 0.740. The Hall–Kier alpha value is -0.570. The second kappa shape index (κ2) is 4.12. The number of amides is 1. The van der Waals surface area contributed by atoms with E-state index in [0.29, 0.717) is 5.92 Å². The van der Waals surface area contributed by atoms with Crippen molar-refractivity contribution >= 4 is 5.91 Å². The molecule has 1 amide bonds. The van der Waals surface area contributed by atoms with Crippen LogP contribution in [0.4, 0.5) is 0 Å². The van der Waals surface area contributed by atoms with Gasteiger partial charge in [-0.2, -0.15) is 0 Å². The average Bonchev–Trinajstić information content (AvgIpc) is 2.97. The lowest BCUT2D eigenvalue weighted by Crippen LogP contribution is -2.44. The first-order chi connectivity index (χ1) is 7.10. The van der Waals surface area contributed by atoms with Crippen molar-refractivity contribution in [1.82, 2.24) is 5.32 Å². The standard InChI is InChI=1S/C12H22N2O/c1-9-2-4-10(5-3-9)8-14-11(15)12(13)6-7-12/h9-10H,2-8,13H2,1H3,(H,14,15). The lowest BCUT2D eigenvalue weighted by atomic mass is 9.83. The normalized spacial score (nSPS) is 33.5. The molecular weight excluding hydrogens is 188 g/mol. The first-order valence-corrected chi connectivity index (χ1v) is 6.17. The third kappa shape index (κ3) is 2.71. The van der Waals surface area contributed by atoms with Crippen LogP contribution in [0.5, 0.6) is 0 Å². The summed E-state index contributed by atoms with van der Waals surface area (Å²) in [7, 11) is 0. The molecule has 3 nitrogen and oxygen atoms in total. The lowest BCUT2D eigenvalue weighted by Gasteiger charge is -2.26. The minimum absolute atomic E-state index is 0.0705. The minimum Gasteiger partial charge on any atom is -0.354 e. The molecule has 15 heavy (non-hydrogen) atoms. The van der Waals surface area contributed by atoms with Gasteiger partial charge in [-0.15, -0.1) is 0 Å². The number of nitrogens with one attached hydrogen (secondary N) is 1. The van der Waals surface area contributed by atoms with Gasteiger partial charge in [-0.3, -0.25) is 4.79 Å². The molecule has 0 atom stereocenters. The highest BCUT2D eigenvalue weighted by Gasteiger charge is 2.45. The second-order valence-electron chi connectivity index (χ2n) is 5.49. The summed E-state index contributed by atoms with van der Waals surface area (Å²) in [6, 6.07) is 0. The van der Waals surface area contributed by atoms with Crippen LogP contribution in [0, 0.1) is 11.8 Å². The summed E-state index contributed by atoms with van der Waals surface area (Å²) < 4.78 is 0. The van der Waals surface area contributed by atoms with Crippen LogP contribution in [0.3, 0.4) is 0 Å². The van der Waals surface area contributed by atoms with Crippen molar-refractivity contribution in [3.05, 3.63) is 0 Å². The van der Waals surface area contributed by atoms with Gasteiger partial charge in [0.1, 0.15) is 0 Å². The van der Waals surface area contributed by atoms with Crippen molar-refractivity contribution < 1.29 is 4.79 Å². The van der Waals surface area contributed by atoms with E-state index in [0.717, 1.165) is 25.3 Å². The molecule has 0 unspecified atom stereocenters. The molecule has 3 N–H and O–H groups in total. The summed E-state index contributed by atoms with van der Waals surface area (Å²) in [5.41, 5.74) is 5.32. The Morgan fingerprint density at radius 3 is 2.47 bits per heavy atom. The van der Waals surface area contributed by atoms with E-state index in [1.807, 2.05) is 0 Å². The molecule has 0 aromatic carbocycles. The lowest BCUT2D eigenvalue weighted by molar-refractivity contribution is -0.123. The molecule has 0 aromatic rings. The topological polar surface area (TPSA) is 55.1 Å². The number of hydrogen-bond donors (Lipinski definition) is 2. The number of carbonyl (C=O) groups is 1. The summed E-state index contributed by atoms with van der Waals surface area (Å²) in [4.78, 5) is 11.6. The van der Waals surface area contributed by atoms with Crippen molar-refractivity contribution in [3.63, 3.8) is 0 Å². The van der Waals surface area contributed by atoms with Crippen LogP contribution in [-0.2, 0) is 4.79 Å². The Morgan fingerprint density at radius 1 is 1.33 bits per heavy atom. The molecule has 2 aliphatic carbocycles. The monoisotopic (exact) mass is 210 g/mol. The van der Waals surface area contributed by atoms with E-state index in [2.05, 4.69) is 12.2 Å². The van der Waals surface area contributed by atoms with Gasteiger partial charge in [-0.25, -0.2) is 0 Å². The fraction of sp³-hybridized carbons (Fsp3) is 0.917. The zero-order chi connectivity index (χ0) is 10.9. The van der Waals surface area contributed by atoms with Crippen molar-refractivity contribution in [2.24, 2.45) is 17.6 Å². The molecule has 3 heteroatoms. The molecule has 0 spiro atoms. The molecule has 2 rings (SSSR count). The number of hydrogen-bond acceptors (Lipinski definition) is 2. The van der Waals surface area contributed by atoms with Gasteiger partial charge in [-0.05, 0) is 37.5 Å². The van der Waals surface area contributed by atoms with Gasteiger partial charge in [0.05, 0.1) is 5.54 Å². The van der Waals surface area contributed by atoms with Crippen molar-refractivity contribution in [2.45, 2.75) is 51.0 Å². The highest BCUT2D eigenvalue weighted by Crippen LogP contribution is 2.32. The molecule has 0 saturated heterocycles. The fourth-order valence-corrected chi connectivity index (χ4v) is 2.31. The van der Waals surface area contributed by atoms with Crippen LogP contribution < -0.4 is 11.1 Å². The zero-order valence-corrected chi connectivity index (χ0v) is 9.59. The predicted molar refractivity (Wildman–Crippen MR) is 60.3 cm³/mol. The molecule has 2 fully saturated rings. The first kappa shape index (κ1) is 10.9. The van der Waals surface area contributed by atoms with Crippen molar-refractivity contribution in [1.29, 1.82) is 0 Å². The average molecular weight is 210 g/mol. The maximum Gasteiger partial charge on any atom is 0.240 e. The largest absolute Gasteiger partial charge is 0.354 e. The summed E-state index contributed by atoms with van der Waals surface area (Å²) in [6.07, 6.45) is 6.88. The molecule has 2 aliphatic rings. The van der Waals surface area contributed by atoms with Crippen LogP contribution in [0.1, 0.15) is 45.4 Å². The van der Waals surface area contributed by atoms with Gasteiger partial charge in [0.2, 0.25) is 5.91 Å². The van der Waals surface area contributed by atoms with Gasteiger partial charge in [0.15, 0.2) is 0 Å². The summed E-state index contributed by atoms with van der Waals surface area (Å²) >= 11 is 0. The van der Waals surface area contributed by atoms with Gasteiger partial charge in [0, 0.05) is 6.54 Å². The van der Waals surface area contributed by atoms with Gasteiger partial charge >= 0.3 is 0 Å². The highest BCUT2D eigenvalue weighted by atomic mass is 16.2. The van der Waals surface area contributed by atoms with Crippen molar-refractivity contribution in [2.75, 3.05) is 6.54 Å². The van der Waals surface area contributed by atoms with E-state index < -0.39 is 5.54 Å². The third-order valence-electron chi connectivity index (χ3n) is 3.93. The van der Waals surface area contributed by atoms with E-state index >= 15 is 0 Å². The number of rotatable bonds is 3. The van der Waals surface area contributed by atoms with E-state index in [1.54, 1.807) is 0 Å². The van der Waals surface area contributed by atoms with Crippen LogP contribution in [0.2, 0.25) is 0 Å². The predicted octanol–water partition coefficient (Wildman–Crippen LogP) is 1.42. The molecule has 0 aromatic heterocycles. The van der Waals surface area contributed by atoms with Gasteiger partial charge < -0.3 is 11.1 Å². The van der Waals surface area contributed by atoms with E-state index in [4.69, 9.17) is 5.73 Å². The Labute approximate surface area is 91.8 Å². The Balaban J connectivity index is 1.67. The molecule has 0 bridgehead atoms. The Kier molecular flexibility index (Phi) is 3.01. The summed E-state index contributed by atoms with van der Waals surface area (Å²) in [6.45, 7) is 3.15. The van der Waals surface area contributed by atoms with Crippen LogP contribution in [0.25, 0.3) is 0 Å². The van der Waals surface area contributed by atoms with Crippen LogP contribution in [-0.4, -0.2) is 18.0 Å². The minimum atomic E-state index is -0.498. The van der Waals surface area contributed by atoms with Gasteiger partial charge in [-0.1, -0.05) is 19.8 Å². The molecule has 86 valence electrons. The second-order valence-corrected chi connectivity index (χ2v) is 5.49. The Morgan fingerprint density at radius 2 is 1.93 bits per heavy atom. The highest BCUT2D eigenvalue weighted by molar-refractivity contribution is 5.88. The summed E-state index contributed by atoms with van der Waals surface area (Å²) in [5.74, 6) is 1.63. The van der Waals surface area contributed by atoms with Crippen LogP contribution >= 0.6 is 0 Å². The maximum absolute atomic E-state index is 11.6. The van der Waals surface area contributed by atoms with Crippen LogP contribution in [0.15, 0.2) is 0 Å². The maximum atomic E-state index is 11.6. The first-order valence-electron chi connectivity index (χ1n) is 6.17. The molecule has 0 aliphatic heterocycles. The van der Waals surface area contributed by atoms with Crippen molar-refractivity contribution in [3.8, 4) is 0 Å². The third-order valence-corrected chi connectivity index (χ3v) is 3.93. The van der Waals surface area contributed by atoms with E-state index in [9.17, 15) is 4.79 Å². The molecular formula is C12H22N2O. The number of nitrogens with two attached hydrogens (primary N) is 1. The fourth-order valence-electron chi connectivity index (χ4n) is 2.31. The van der Waals surface area contributed by atoms with E-state index in [-0.39, 0.29) is 5.91 Å². The molecule has 0 radical (unpaired) electrons. The Bertz CT molecular complexity index is 240. The smallest absolute Gasteiger partial charge is 0.240 e. The van der Waals surface area contributed by atoms with Gasteiger partial charge in [0.25, 0.3) is 0 Å². The molecule has 0 heterocycles. The van der Waals surface area contributed by atoms with E-state index in [1.165, 1.54) is 25.7 Å².